The van der Waals surface area contributed by atoms with E-state index in [1.807, 2.05) is 7.05 Å². The predicted octanol–water partition coefficient (Wildman–Crippen LogP) is 2.91. The van der Waals surface area contributed by atoms with Crippen LogP contribution in [0.15, 0.2) is 28.8 Å². The minimum atomic E-state index is -4.34. The highest BCUT2D eigenvalue weighted by molar-refractivity contribution is 5.53. The largest absolute Gasteiger partial charge is 0.416 e. The number of aromatic nitrogens is 2. The standard InChI is InChI=1S/C13H14F3N3O/c1-17-8-2-3-11-18-12(20-19-11)9-4-6-10(7-5-9)13(14,15)16/h4-7,17H,2-3,8H2,1H3. The second-order valence-corrected chi connectivity index (χ2v) is 4.30. The van der Waals surface area contributed by atoms with Crippen LogP contribution in [0.4, 0.5) is 13.2 Å². The third kappa shape index (κ3) is 3.57. The molecule has 0 saturated carbocycles. The van der Waals surface area contributed by atoms with Gasteiger partial charge in [-0.2, -0.15) is 18.2 Å². The average Bonchev–Trinajstić information content (AvgIpc) is 2.87. The smallest absolute Gasteiger partial charge is 0.334 e. The topological polar surface area (TPSA) is 51.0 Å². The van der Waals surface area contributed by atoms with Crippen molar-refractivity contribution in [1.29, 1.82) is 0 Å². The molecule has 0 bridgehead atoms. The highest BCUT2D eigenvalue weighted by Crippen LogP contribution is 2.30. The summed E-state index contributed by atoms with van der Waals surface area (Å²) in [5.41, 5.74) is -0.222. The van der Waals surface area contributed by atoms with Crippen molar-refractivity contribution < 1.29 is 17.7 Å². The van der Waals surface area contributed by atoms with E-state index in [4.69, 9.17) is 4.52 Å². The quantitative estimate of drug-likeness (QED) is 0.858. The maximum Gasteiger partial charge on any atom is 0.416 e. The normalized spacial score (nSPS) is 11.8. The molecule has 1 aromatic carbocycles. The second-order valence-electron chi connectivity index (χ2n) is 4.30. The van der Waals surface area contributed by atoms with Gasteiger partial charge in [-0.05, 0) is 44.3 Å². The van der Waals surface area contributed by atoms with Gasteiger partial charge in [-0.1, -0.05) is 5.16 Å². The molecule has 2 aromatic rings. The van der Waals surface area contributed by atoms with E-state index in [1.54, 1.807) is 0 Å². The van der Waals surface area contributed by atoms with Gasteiger partial charge in [0.25, 0.3) is 5.89 Å². The number of aryl methyl sites for hydroxylation is 1. The molecule has 0 spiro atoms. The predicted molar refractivity (Wildman–Crippen MR) is 67.0 cm³/mol. The molecular formula is C13H14F3N3O. The highest BCUT2D eigenvalue weighted by atomic mass is 19.4. The molecule has 4 nitrogen and oxygen atoms in total. The summed E-state index contributed by atoms with van der Waals surface area (Å²) in [4.78, 5) is 4.16. The Kier molecular flexibility index (Phi) is 4.39. The van der Waals surface area contributed by atoms with Gasteiger partial charge in [0.2, 0.25) is 0 Å². The number of hydrogen-bond acceptors (Lipinski definition) is 4. The molecule has 0 aliphatic carbocycles. The van der Waals surface area contributed by atoms with Crippen molar-refractivity contribution >= 4 is 0 Å². The van der Waals surface area contributed by atoms with E-state index in [0.717, 1.165) is 25.1 Å². The van der Waals surface area contributed by atoms with Crippen LogP contribution in [0.5, 0.6) is 0 Å². The van der Waals surface area contributed by atoms with Gasteiger partial charge in [-0.15, -0.1) is 0 Å². The van der Waals surface area contributed by atoms with Gasteiger partial charge in [-0.25, -0.2) is 0 Å². The van der Waals surface area contributed by atoms with Crippen LogP contribution in [0.1, 0.15) is 17.8 Å². The van der Waals surface area contributed by atoms with Crippen molar-refractivity contribution in [1.82, 2.24) is 15.5 Å². The van der Waals surface area contributed by atoms with E-state index >= 15 is 0 Å². The fraction of sp³-hybridized carbons (Fsp3) is 0.385. The first-order chi connectivity index (χ1) is 9.50. The van der Waals surface area contributed by atoms with Crippen LogP contribution in [0.3, 0.4) is 0 Å². The fourth-order valence-corrected chi connectivity index (χ4v) is 1.70. The summed E-state index contributed by atoms with van der Waals surface area (Å²) in [6.45, 7) is 0.837. The summed E-state index contributed by atoms with van der Waals surface area (Å²) >= 11 is 0. The maximum absolute atomic E-state index is 12.4. The van der Waals surface area contributed by atoms with Crippen LogP contribution >= 0.6 is 0 Å². The lowest BCUT2D eigenvalue weighted by Crippen LogP contribution is -2.08. The van der Waals surface area contributed by atoms with Crippen molar-refractivity contribution in [3.05, 3.63) is 35.7 Å². The van der Waals surface area contributed by atoms with Gasteiger partial charge in [0.1, 0.15) is 0 Å². The van der Waals surface area contributed by atoms with Crippen LogP contribution in [-0.2, 0) is 12.6 Å². The zero-order valence-corrected chi connectivity index (χ0v) is 10.9. The minimum Gasteiger partial charge on any atom is -0.334 e. The van der Waals surface area contributed by atoms with Crippen LogP contribution in [-0.4, -0.2) is 23.7 Å². The zero-order chi connectivity index (χ0) is 14.6. The van der Waals surface area contributed by atoms with E-state index in [-0.39, 0.29) is 5.89 Å². The monoisotopic (exact) mass is 285 g/mol. The maximum atomic E-state index is 12.4. The van der Waals surface area contributed by atoms with Crippen molar-refractivity contribution in [2.45, 2.75) is 19.0 Å². The fourth-order valence-electron chi connectivity index (χ4n) is 1.70. The summed E-state index contributed by atoms with van der Waals surface area (Å²) in [7, 11) is 1.85. The number of nitrogens with one attached hydrogen (secondary N) is 1. The molecular weight excluding hydrogens is 271 g/mol. The Balaban J connectivity index is 2.08. The van der Waals surface area contributed by atoms with Gasteiger partial charge in [0.15, 0.2) is 5.82 Å². The van der Waals surface area contributed by atoms with Gasteiger partial charge in [0.05, 0.1) is 5.56 Å². The lowest BCUT2D eigenvalue weighted by Gasteiger charge is -2.05. The highest BCUT2D eigenvalue weighted by Gasteiger charge is 2.30. The van der Waals surface area contributed by atoms with Crippen molar-refractivity contribution in [2.75, 3.05) is 13.6 Å². The molecule has 1 N–H and O–H groups in total. The number of halogens is 3. The van der Waals surface area contributed by atoms with Gasteiger partial charge < -0.3 is 9.84 Å². The van der Waals surface area contributed by atoms with Gasteiger partial charge in [0, 0.05) is 12.0 Å². The molecule has 0 aliphatic rings. The van der Waals surface area contributed by atoms with Crippen LogP contribution in [0.25, 0.3) is 11.5 Å². The number of rotatable bonds is 5. The van der Waals surface area contributed by atoms with Crippen molar-refractivity contribution in [2.24, 2.45) is 0 Å². The Labute approximate surface area is 114 Å². The Morgan fingerprint density at radius 2 is 1.90 bits per heavy atom. The number of alkyl halides is 3. The van der Waals surface area contributed by atoms with E-state index in [1.165, 1.54) is 12.1 Å². The summed E-state index contributed by atoms with van der Waals surface area (Å²) in [6.07, 6.45) is -2.82. The van der Waals surface area contributed by atoms with E-state index in [0.29, 0.717) is 17.8 Å². The molecule has 0 unspecified atom stereocenters. The third-order valence-corrected chi connectivity index (χ3v) is 2.75. The van der Waals surface area contributed by atoms with Crippen LogP contribution in [0, 0.1) is 0 Å². The first-order valence-corrected chi connectivity index (χ1v) is 6.15. The Morgan fingerprint density at radius 3 is 2.50 bits per heavy atom. The molecule has 0 aliphatic heterocycles. The Hall–Kier alpha value is -1.89. The summed E-state index contributed by atoms with van der Waals surface area (Å²) in [5.74, 6) is 0.785. The van der Waals surface area contributed by atoms with Crippen LogP contribution < -0.4 is 5.32 Å². The summed E-state index contributed by atoms with van der Waals surface area (Å²) < 4.78 is 42.4. The zero-order valence-electron chi connectivity index (χ0n) is 10.9. The van der Waals surface area contributed by atoms with Crippen LogP contribution in [0.2, 0.25) is 0 Å². The summed E-state index contributed by atoms with van der Waals surface area (Å²) in [5, 5.41) is 6.80. The lowest BCUT2D eigenvalue weighted by molar-refractivity contribution is -0.137. The van der Waals surface area contributed by atoms with E-state index in [9.17, 15) is 13.2 Å². The minimum absolute atomic E-state index is 0.234. The van der Waals surface area contributed by atoms with Gasteiger partial charge >= 0.3 is 6.18 Å². The third-order valence-electron chi connectivity index (χ3n) is 2.75. The van der Waals surface area contributed by atoms with Crippen molar-refractivity contribution in [3.8, 4) is 11.5 Å². The van der Waals surface area contributed by atoms with Crippen molar-refractivity contribution in [3.63, 3.8) is 0 Å². The molecule has 1 aromatic heterocycles. The molecule has 1 heterocycles. The van der Waals surface area contributed by atoms with E-state index < -0.39 is 11.7 Å². The molecule has 0 radical (unpaired) electrons. The lowest BCUT2D eigenvalue weighted by atomic mass is 10.1. The SMILES string of the molecule is CNCCCc1noc(-c2ccc(C(F)(F)F)cc2)n1. The second kappa shape index (κ2) is 6.04. The number of nitrogens with zero attached hydrogens (tertiary/aromatic N) is 2. The first-order valence-electron chi connectivity index (χ1n) is 6.15. The molecule has 108 valence electrons. The molecule has 0 atom stereocenters. The summed E-state index contributed by atoms with van der Waals surface area (Å²) in [6, 6.07) is 4.65. The molecule has 0 fully saturated rings. The number of benzene rings is 1. The van der Waals surface area contributed by atoms with Gasteiger partial charge in [-0.3, -0.25) is 0 Å². The Bertz CT molecular complexity index is 549. The first kappa shape index (κ1) is 14.5. The molecule has 0 amide bonds. The Morgan fingerprint density at radius 1 is 1.20 bits per heavy atom. The number of hydrogen-bond donors (Lipinski definition) is 1. The molecule has 7 heteroatoms. The molecule has 20 heavy (non-hydrogen) atoms. The molecule has 0 saturated heterocycles. The van der Waals surface area contributed by atoms with E-state index in [2.05, 4.69) is 15.5 Å². The molecule has 2 rings (SSSR count). The average molecular weight is 285 g/mol.